The van der Waals surface area contributed by atoms with Crippen molar-refractivity contribution in [2.45, 2.75) is 32.8 Å². The molecular formula is C22H26BrN3O3S. The predicted molar refractivity (Wildman–Crippen MR) is 127 cm³/mol. The zero-order chi connectivity index (χ0) is 22.3. The lowest BCUT2D eigenvalue weighted by molar-refractivity contribution is -0.128. The number of thiocarbonyl (C=S) groups is 1. The summed E-state index contributed by atoms with van der Waals surface area (Å²) in [4.78, 5) is 25.7. The Balaban J connectivity index is 1.90. The van der Waals surface area contributed by atoms with Gasteiger partial charge in [-0.15, -0.1) is 0 Å². The number of rotatable bonds is 7. The highest BCUT2D eigenvalue weighted by Gasteiger charge is 2.12. The summed E-state index contributed by atoms with van der Waals surface area (Å²) in [7, 11) is 3.49. The van der Waals surface area contributed by atoms with Crippen molar-refractivity contribution in [1.82, 2.24) is 10.2 Å². The molecule has 160 valence electrons. The number of carbonyl (C=O) groups is 2. The Bertz CT molecular complexity index is 914. The summed E-state index contributed by atoms with van der Waals surface area (Å²) in [6, 6.07) is 12.7. The van der Waals surface area contributed by atoms with Gasteiger partial charge in [0.25, 0.3) is 5.91 Å². The molecule has 0 aliphatic carbocycles. The van der Waals surface area contributed by atoms with Crippen LogP contribution in [0, 0.1) is 0 Å². The van der Waals surface area contributed by atoms with Gasteiger partial charge in [-0.05, 0) is 84.3 Å². The van der Waals surface area contributed by atoms with Gasteiger partial charge in [-0.3, -0.25) is 14.9 Å². The van der Waals surface area contributed by atoms with Gasteiger partial charge in [0.15, 0.2) is 5.11 Å². The number of hydrogen-bond donors (Lipinski definition) is 2. The van der Waals surface area contributed by atoms with Crippen LogP contribution in [0.1, 0.15) is 36.2 Å². The molecule has 0 atom stereocenters. The van der Waals surface area contributed by atoms with Gasteiger partial charge in [0.2, 0.25) is 5.91 Å². The number of aryl methyl sites for hydroxylation is 1. The van der Waals surface area contributed by atoms with Gasteiger partial charge in [-0.2, -0.15) is 0 Å². The number of nitrogens with zero attached hydrogens (tertiary/aromatic N) is 1. The van der Waals surface area contributed by atoms with E-state index in [-0.39, 0.29) is 23.0 Å². The Morgan fingerprint density at radius 2 is 1.80 bits per heavy atom. The lowest BCUT2D eigenvalue weighted by Crippen LogP contribution is -2.34. The number of hydrogen-bond acceptors (Lipinski definition) is 4. The van der Waals surface area contributed by atoms with Crippen LogP contribution >= 0.6 is 28.1 Å². The maximum absolute atomic E-state index is 12.5. The Labute approximate surface area is 191 Å². The zero-order valence-corrected chi connectivity index (χ0v) is 19.9. The minimum Gasteiger partial charge on any atom is -0.490 e. The van der Waals surface area contributed by atoms with E-state index in [1.807, 2.05) is 38.1 Å². The van der Waals surface area contributed by atoms with Gasteiger partial charge in [0.05, 0.1) is 10.6 Å². The second-order valence-corrected chi connectivity index (χ2v) is 8.47. The third kappa shape index (κ3) is 7.42. The van der Waals surface area contributed by atoms with Crippen LogP contribution in [-0.2, 0) is 11.2 Å². The van der Waals surface area contributed by atoms with Crippen LogP contribution in [0.15, 0.2) is 46.9 Å². The number of ether oxygens (including phenoxy) is 1. The minimum absolute atomic E-state index is 0.0395. The summed E-state index contributed by atoms with van der Waals surface area (Å²) in [6.45, 7) is 3.88. The standard InChI is InChI=1S/C22H26BrN3O3S/c1-14(2)29-19-11-8-16(13-18(19)23)21(28)25-22(30)24-17-9-5-15(6-10-17)7-12-20(27)26(3)4/h5-6,8-11,13-14H,7,12H2,1-4H3,(H2,24,25,28,30). The fourth-order valence-electron chi connectivity index (χ4n) is 2.56. The molecule has 0 radical (unpaired) electrons. The second kappa shape index (κ2) is 11.1. The van der Waals surface area contributed by atoms with E-state index in [2.05, 4.69) is 26.6 Å². The van der Waals surface area contributed by atoms with Crippen molar-refractivity contribution in [1.29, 1.82) is 0 Å². The van der Waals surface area contributed by atoms with E-state index in [9.17, 15) is 9.59 Å². The molecule has 0 spiro atoms. The maximum atomic E-state index is 12.5. The summed E-state index contributed by atoms with van der Waals surface area (Å²) < 4.78 is 6.35. The third-order valence-corrected chi connectivity index (χ3v) is 4.95. The molecule has 0 aliphatic heterocycles. The third-order valence-electron chi connectivity index (χ3n) is 4.12. The van der Waals surface area contributed by atoms with E-state index in [0.717, 1.165) is 11.3 Å². The Hall–Kier alpha value is -2.45. The fourth-order valence-corrected chi connectivity index (χ4v) is 3.24. The Morgan fingerprint density at radius 1 is 1.13 bits per heavy atom. The van der Waals surface area contributed by atoms with Crippen LogP contribution in [0.5, 0.6) is 5.75 Å². The highest BCUT2D eigenvalue weighted by molar-refractivity contribution is 9.10. The predicted octanol–water partition coefficient (Wildman–Crippen LogP) is 4.38. The van der Waals surface area contributed by atoms with Crippen LogP contribution in [0.25, 0.3) is 0 Å². The number of halogens is 1. The molecule has 0 saturated carbocycles. The van der Waals surface area contributed by atoms with Gasteiger partial charge < -0.3 is 15.0 Å². The topological polar surface area (TPSA) is 70.7 Å². The summed E-state index contributed by atoms with van der Waals surface area (Å²) >= 11 is 8.67. The number of nitrogens with one attached hydrogen (secondary N) is 2. The van der Waals surface area contributed by atoms with Crippen molar-refractivity contribution in [2.24, 2.45) is 0 Å². The average molecular weight is 492 g/mol. The zero-order valence-electron chi connectivity index (χ0n) is 17.5. The lowest BCUT2D eigenvalue weighted by atomic mass is 10.1. The summed E-state index contributed by atoms with van der Waals surface area (Å²) in [6.07, 6.45) is 1.17. The highest BCUT2D eigenvalue weighted by atomic mass is 79.9. The number of anilines is 1. The highest BCUT2D eigenvalue weighted by Crippen LogP contribution is 2.27. The fraction of sp³-hybridized carbons (Fsp3) is 0.318. The summed E-state index contributed by atoms with van der Waals surface area (Å²) in [5, 5.41) is 5.86. The van der Waals surface area contributed by atoms with Gasteiger partial charge in [-0.1, -0.05) is 12.1 Å². The minimum atomic E-state index is -0.317. The molecule has 0 saturated heterocycles. The first-order valence-electron chi connectivity index (χ1n) is 9.53. The van der Waals surface area contributed by atoms with Crippen LogP contribution in [0.4, 0.5) is 5.69 Å². The Morgan fingerprint density at radius 3 is 2.37 bits per heavy atom. The number of carbonyl (C=O) groups excluding carboxylic acids is 2. The normalized spacial score (nSPS) is 10.5. The van der Waals surface area contributed by atoms with E-state index in [1.54, 1.807) is 37.2 Å². The molecular weight excluding hydrogens is 466 g/mol. The lowest BCUT2D eigenvalue weighted by Gasteiger charge is -2.13. The van der Waals surface area contributed by atoms with E-state index in [4.69, 9.17) is 17.0 Å². The molecule has 6 nitrogen and oxygen atoms in total. The molecule has 0 unspecified atom stereocenters. The molecule has 0 aliphatic rings. The number of amides is 2. The van der Waals surface area contributed by atoms with Crippen molar-refractivity contribution < 1.29 is 14.3 Å². The van der Waals surface area contributed by atoms with E-state index in [1.165, 1.54) is 0 Å². The van der Waals surface area contributed by atoms with E-state index >= 15 is 0 Å². The van der Waals surface area contributed by atoms with Gasteiger partial charge in [0, 0.05) is 31.8 Å². The largest absolute Gasteiger partial charge is 0.490 e. The molecule has 30 heavy (non-hydrogen) atoms. The summed E-state index contributed by atoms with van der Waals surface area (Å²) in [5.74, 6) is 0.453. The summed E-state index contributed by atoms with van der Waals surface area (Å²) in [5.41, 5.74) is 2.27. The molecule has 8 heteroatoms. The van der Waals surface area contributed by atoms with Crippen molar-refractivity contribution in [3.05, 3.63) is 58.1 Å². The van der Waals surface area contributed by atoms with E-state index in [0.29, 0.717) is 28.6 Å². The van der Waals surface area contributed by atoms with Gasteiger partial charge in [0.1, 0.15) is 5.75 Å². The van der Waals surface area contributed by atoms with Crippen molar-refractivity contribution in [2.75, 3.05) is 19.4 Å². The molecule has 2 aromatic carbocycles. The monoisotopic (exact) mass is 491 g/mol. The van der Waals surface area contributed by atoms with Crippen LogP contribution in [0.2, 0.25) is 0 Å². The van der Waals surface area contributed by atoms with Crippen LogP contribution in [0.3, 0.4) is 0 Å². The molecule has 2 aromatic rings. The molecule has 0 bridgehead atoms. The second-order valence-electron chi connectivity index (χ2n) is 7.21. The van der Waals surface area contributed by atoms with Crippen LogP contribution in [-0.4, -0.2) is 42.0 Å². The maximum Gasteiger partial charge on any atom is 0.257 e. The molecule has 0 fully saturated rings. The SMILES string of the molecule is CC(C)Oc1ccc(C(=O)NC(=S)Nc2ccc(CCC(=O)N(C)C)cc2)cc1Br. The molecule has 2 amide bonds. The molecule has 2 rings (SSSR count). The first-order chi connectivity index (χ1) is 14.2. The van der Waals surface area contributed by atoms with Crippen molar-refractivity contribution in [3.8, 4) is 5.75 Å². The first kappa shape index (κ1) is 23.8. The molecule has 0 aromatic heterocycles. The van der Waals surface area contributed by atoms with Gasteiger partial charge in [-0.25, -0.2) is 0 Å². The quantitative estimate of drug-likeness (QED) is 0.562. The average Bonchev–Trinajstić information content (AvgIpc) is 2.68. The van der Waals surface area contributed by atoms with Crippen LogP contribution < -0.4 is 15.4 Å². The number of benzene rings is 2. The Kier molecular flexibility index (Phi) is 8.80. The molecule has 2 N–H and O–H groups in total. The van der Waals surface area contributed by atoms with Gasteiger partial charge >= 0.3 is 0 Å². The molecule has 0 heterocycles. The van der Waals surface area contributed by atoms with Crippen molar-refractivity contribution in [3.63, 3.8) is 0 Å². The van der Waals surface area contributed by atoms with E-state index < -0.39 is 0 Å². The van der Waals surface area contributed by atoms with Crippen molar-refractivity contribution >= 4 is 50.8 Å². The first-order valence-corrected chi connectivity index (χ1v) is 10.7. The smallest absolute Gasteiger partial charge is 0.257 e.